The van der Waals surface area contributed by atoms with E-state index >= 15 is 0 Å². The van der Waals surface area contributed by atoms with Gasteiger partial charge in [-0.25, -0.2) is 19.9 Å². The van der Waals surface area contributed by atoms with Crippen LogP contribution in [0.2, 0.25) is 0 Å². The molecule has 9 aromatic rings. The summed E-state index contributed by atoms with van der Waals surface area (Å²) in [6.45, 7) is 0. The first-order chi connectivity index (χ1) is 23.3. The molecule has 6 nitrogen and oxygen atoms in total. The lowest BCUT2D eigenvalue weighted by molar-refractivity contribution is 0.654. The minimum Gasteiger partial charge on any atom is -0.438 e. The Hall–Kier alpha value is -6.53. The Bertz CT molecular complexity index is 2500. The molecule has 9 rings (SSSR count). The van der Waals surface area contributed by atoms with Crippen LogP contribution in [0.5, 0.6) is 0 Å². The monoisotopic (exact) mass is 603 g/mol. The molecule has 5 aromatic carbocycles. The molecular formula is C41H25N5O. The van der Waals surface area contributed by atoms with Crippen molar-refractivity contribution in [1.82, 2.24) is 24.9 Å². The lowest BCUT2D eigenvalue weighted by Crippen LogP contribution is -2.00. The van der Waals surface area contributed by atoms with E-state index in [4.69, 9.17) is 29.3 Å². The third-order valence-electron chi connectivity index (χ3n) is 8.40. The summed E-state index contributed by atoms with van der Waals surface area (Å²) < 4.78 is 6.30. The predicted molar refractivity (Wildman–Crippen MR) is 187 cm³/mol. The molecule has 0 spiro atoms. The molecule has 4 aromatic heterocycles. The van der Waals surface area contributed by atoms with Gasteiger partial charge < -0.3 is 4.42 Å². The Labute approximate surface area is 270 Å². The van der Waals surface area contributed by atoms with Gasteiger partial charge in [-0.2, -0.15) is 0 Å². The maximum Gasteiger partial charge on any atom is 0.228 e. The SMILES string of the molecule is c1ccc(-c2nc(-c3ccccc3)nc(-c3ccc(-c4cc(-c5cc6ccccc6cn5)nc5oc6ccccc6c45)cc3)n2)cc1. The van der Waals surface area contributed by atoms with E-state index in [1.165, 1.54) is 0 Å². The minimum atomic E-state index is 0.579. The van der Waals surface area contributed by atoms with Crippen molar-refractivity contribution in [2.45, 2.75) is 0 Å². The van der Waals surface area contributed by atoms with Gasteiger partial charge in [0.1, 0.15) is 5.58 Å². The number of furan rings is 1. The van der Waals surface area contributed by atoms with Crippen molar-refractivity contribution >= 4 is 32.8 Å². The maximum atomic E-state index is 6.30. The van der Waals surface area contributed by atoms with Crippen LogP contribution in [0.3, 0.4) is 0 Å². The van der Waals surface area contributed by atoms with Gasteiger partial charge in [0.15, 0.2) is 17.5 Å². The standard InChI is InChI=1S/C41H25N5O/c1-3-11-27(12-4-1)38-44-39(28-13-5-2-6-14-28)46-40(45-38)29-21-19-26(20-22-29)33-24-35(34-23-30-15-7-8-16-31(30)25-42-34)43-41-37(33)32-17-9-10-18-36(32)47-41/h1-25H. The molecule has 220 valence electrons. The molecule has 0 saturated heterocycles. The molecule has 4 heterocycles. The summed E-state index contributed by atoms with van der Waals surface area (Å²) in [5.41, 5.74) is 7.71. The number of hydrogen-bond acceptors (Lipinski definition) is 6. The molecule has 6 heteroatoms. The summed E-state index contributed by atoms with van der Waals surface area (Å²) in [6, 6.07) is 48.8. The van der Waals surface area contributed by atoms with E-state index < -0.39 is 0 Å². The molecule has 0 bridgehead atoms. The van der Waals surface area contributed by atoms with Crippen molar-refractivity contribution in [1.29, 1.82) is 0 Å². The van der Waals surface area contributed by atoms with Crippen LogP contribution in [0.1, 0.15) is 0 Å². The third kappa shape index (κ3) is 4.89. The molecule has 0 radical (unpaired) electrons. The van der Waals surface area contributed by atoms with Gasteiger partial charge in [0, 0.05) is 33.7 Å². The number of pyridine rings is 2. The highest BCUT2D eigenvalue weighted by molar-refractivity contribution is 6.12. The third-order valence-corrected chi connectivity index (χ3v) is 8.40. The Morgan fingerprint density at radius 1 is 0.426 bits per heavy atom. The van der Waals surface area contributed by atoms with E-state index in [-0.39, 0.29) is 0 Å². The first kappa shape index (κ1) is 26.8. The molecule has 0 N–H and O–H groups in total. The summed E-state index contributed by atoms with van der Waals surface area (Å²) in [5.74, 6) is 1.87. The van der Waals surface area contributed by atoms with Gasteiger partial charge in [0.05, 0.1) is 16.8 Å². The number of fused-ring (bicyclic) bond motifs is 4. The van der Waals surface area contributed by atoms with Crippen molar-refractivity contribution in [2.24, 2.45) is 0 Å². The molecule has 0 saturated carbocycles. The molecule has 0 fully saturated rings. The average Bonchev–Trinajstić information content (AvgIpc) is 3.53. The Morgan fingerprint density at radius 2 is 0.979 bits per heavy atom. The molecule has 47 heavy (non-hydrogen) atoms. The second-order valence-corrected chi connectivity index (χ2v) is 11.4. The van der Waals surface area contributed by atoms with E-state index in [1.54, 1.807) is 0 Å². The first-order valence-electron chi connectivity index (χ1n) is 15.4. The molecular weight excluding hydrogens is 578 g/mol. The number of para-hydroxylation sites is 1. The molecule has 0 aliphatic rings. The summed E-state index contributed by atoms with van der Waals surface area (Å²) in [4.78, 5) is 24.4. The highest BCUT2D eigenvalue weighted by Crippen LogP contribution is 2.39. The normalized spacial score (nSPS) is 11.4. The Balaban J connectivity index is 1.19. The van der Waals surface area contributed by atoms with Crippen LogP contribution in [0.15, 0.2) is 156 Å². The smallest absolute Gasteiger partial charge is 0.228 e. The molecule has 0 unspecified atom stereocenters. The van der Waals surface area contributed by atoms with Gasteiger partial charge in [-0.3, -0.25) is 4.98 Å². The number of nitrogens with zero attached hydrogens (tertiary/aromatic N) is 5. The summed E-state index contributed by atoms with van der Waals surface area (Å²) in [6.07, 6.45) is 1.89. The second-order valence-electron chi connectivity index (χ2n) is 11.4. The van der Waals surface area contributed by atoms with Crippen LogP contribution in [-0.4, -0.2) is 24.9 Å². The minimum absolute atomic E-state index is 0.579. The topological polar surface area (TPSA) is 77.6 Å². The van der Waals surface area contributed by atoms with E-state index in [1.807, 2.05) is 97.2 Å². The quantitative estimate of drug-likeness (QED) is 0.195. The van der Waals surface area contributed by atoms with Crippen molar-refractivity contribution in [2.75, 3.05) is 0 Å². The van der Waals surface area contributed by atoms with Crippen LogP contribution in [0.25, 0.3) is 89.5 Å². The largest absolute Gasteiger partial charge is 0.438 e. The van der Waals surface area contributed by atoms with Gasteiger partial charge in [-0.15, -0.1) is 0 Å². The molecule has 0 atom stereocenters. The Kier molecular flexibility index (Phi) is 6.35. The van der Waals surface area contributed by atoms with Crippen LogP contribution >= 0.6 is 0 Å². The Morgan fingerprint density at radius 3 is 1.66 bits per heavy atom. The molecule has 0 aliphatic heterocycles. The molecule has 0 aliphatic carbocycles. The summed E-state index contributed by atoms with van der Waals surface area (Å²) in [5, 5.41) is 4.18. The van der Waals surface area contributed by atoms with Crippen LogP contribution < -0.4 is 0 Å². The van der Waals surface area contributed by atoms with Crippen LogP contribution in [0, 0.1) is 0 Å². The van der Waals surface area contributed by atoms with Gasteiger partial charge >= 0.3 is 0 Å². The fourth-order valence-electron chi connectivity index (χ4n) is 6.04. The average molecular weight is 604 g/mol. The highest BCUT2D eigenvalue weighted by atomic mass is 16.3. The lowest BCUT2D eigenvalue weighted by atomic mass is 9.98. The fourth-order valence-corrected chi connectivity index (χ4v) is 6.04. The fraction of sp³-hybridized carbons (Fsp3) is 0. The van der Waals surface area contributed by atoms with Gasteiger partial charge in [0.25, 0.3) is 0 Å². The van der Waals surface area contributed by atoms with Crippen molar-refractivity contribution in [3.8, 4) is 56.7 Å². The van der Waals surface area contributed by atoms with E-state index in [0.717, 1.165) is 66.3 Å². The van der Waals surface area contributed by atoms with Crippen LogP contribution in [0.4, 0.5) is 0 Å². The van der Waals surface area contributed by atoms with E-state index in [2.05, 4.69) is 54.6 Å². The van der Waals surface area contributed by atoms with E-state index in [9.17, 15) is 0 Å². The van der Waals surface area contributed by atoms with Crippen molar-refractivity contribution in [3.63, 3.8) is 0 Å². The van der Waals surface area contributed by atoms with Crippen LogP contribution in [-0.2, 0) is 0 Å². The van der Waals surface area contributed by atoms with Gasteiger partial charge in [-0.05, 0) is 34.7 Å². The number of rotatable bonds is 5. The van der Waals surface area contributed by atoms with Gasteiger partial charge in [-0.1, -0.05) is 127 Å². The maximum absolute atomic E-state index is 6.30. The number of benzene rings is 5. The predicted octanol–water partition coefficient (Wildman–Crippen LogP) is 10.0. The summed E-state index contributed by atoms with van der Waals surface area (Å²) >= 11 is 0. The highest BCUT2D eigenvalue weighted by Gasteiger charge is 2.18. The van der Waals surface area contributed by atoms with Crippen molar-refractivity contribution < 1.29 is 4.42 Å². The summed E-state index contributed by atoms with van der Waals surface area (Å²) in [7, 11) is 0. The first-order valence-corrected chi connectivity index (χ1v) is 15.4. The second kappa shape index (κ2) is 11.1. The lowest BCUT2D eigenvalue weighted by Gasteiger charge is -2.10. The number of aromatic nitrogens is 5. The number of hydrogen-bond donors (Lipinski definition) is 0. The zero-order valence-corrected chi connectivity index (χ0v) is 25.1. The zero-order valence-electron chi connectivity index (χ0n) is 25.1. The van der Waals surface area contributed by atoms with Crippen molar-refractivity contribution in [3.05, 3.63) is 152 Å². The zero-order chi connectivity index (χ0) is 31.2. The van der Waals surface area contributed by atoms with Gasteiger partial charge in [0.2, 0.25) is 5.71 Å². The van der Waals surface area contributed by atoms with E-state index in [0.29, 0.717) is 23.2 Å². The molecule has 0 amide bonds.